The molecule has 0 spiro atoms. The van der Waals surface area contributed by atoms with Gasteiger partial charge >= 0.3 is 0 Å². The highest BCUT2D eigenvalue weighted by Gasteiger charge is 2.12. The lowest BCUT2D eigenvalue weighted by atomic mass is 9.85. The van der Waals surface area contributed by atoms with E-state index in [4.69, 9.17) is 0 Å². The van der Waals surface area contributed by atoms with E-state index in [9.17, 15) is 0 Å². The molecule has 0 aliphatic carbocycles. The minimum Gasteiger partial charge on any atom is -0.0628 e. The smallest absolute Gasteiger partial charge is 0.0417 e. The molecule has 0 bridgehead atoms. The molecule has 2 atom stereocenters. The number of hydrogen-bond donors (Lipinski definition) is 0. The van der Waals surface area contributed by atoms with Crippen LogP contribution in [0.4, 0.5) is 0 Å². The Bertz CT molecular complexity index is 108. The maximum Gasteiger partial charge on any atom is -0.0417 e. The SMILES string of the molecule is CC(C)CC[C@H](C)[C@@H](C)CCC(C)C. The Balaban J connectivity index is 3.59. The van der Waals surface area contributed by atoms with Crippen molar-refractivity contribution in [2.75, 3.05) is 0 Å². The van der Waals surface area contributed by atoms with Crippen molar-refractivity contribution >= 4 is 0 Å². The van der Waals surface area contributed by atoms with Crippen LogP contribution in [0.25, 0.3) is 0 Å². The summed E-state index contributed by atoms with van der Waals surface area (Å²) in [4.78, 5) is 0. The molecule has 0 saturated carbocycles. The van der Waals surface area contributed by atoms with Crippen molar-refractivity contribution < 1.29 is 0 Å². The lowest BCUT2D eigenvalue weighted by Crippen LogP contribution is -2.10. The van der Waals surface area contributed by atoms with Gasteiger partial charge in [0.1, 0.15) is 0 Å². The Morgan fingerprint density at radius 2 is 0.786 bits per heavy atom. The van der Waals surface area contributed by atoms with E-state index in [0.717, 1.165) is 23.7 Å². The third-order valence-electron chi connectivity index (χ3n) is 3.37. The van der Waals surface area contributed by atoms with Crippen LogP contribution in [0.3, 0.4) is 0 Å². The molecule has 0 heterocycles. The van der Waals surface area contributed by atoms with E-state index >= 15 is 0 Å². The summed E-state index contributed by atoms with van der Waals surface area (Å²) >= 11 is 0. The van der Waals surface area contributed by atoms with E-state index in [1.165, 1.54) is 25.7 Å². The largest absolute Gasteiger partial charge is 0.0628 e. The summed E-state index contributed by atoms with van der Waals surface area (Å²) in [7, 11) is 0. The van der Waals surface area contributed by atoms with Crippen molar-refractivity contribution in [1.29, 1.82) is 0 Å². The Kier molecular flexibility index (Phi) is 7.31. The summed E-state index contributed by atoms with van der Waals surface area (Å²) in [5.41, 5.74) is 0. The van der Waals surface area contributed by atoms with Gasteiger partial charge in [-0.05, 0) is 23.7 Å². The van der Waals surface area contributed by atoms with Gasteiger partial charge in [0, 0.05) is 0 Å². The van der Waals surface area contributed by atoms with Crippen molar-refractivity contribution in [3.8, 4) is 0 Å². The Labute approximate surface area is 91.5 Å². The molecule has 0 rings (SSSR count). The summed E-state index contributed by atoms with van der Waals surface area (Å²) in [5, 5.41) is 0. The lowest BCUT2D eigenvalue weighted by Gasteiger charge is -2.21. The molecule has 0 fully saturated rings. The first-order chi connectivity index (χ1) is 6.43. The standard InChI is InChI=1S/C14H30/c1-11(2)7-9-13(5)14(6)10-8-12(3)4/h11-14H,7-10H2,1-6H3/t13-,14-/m0/s1. The Hall–Kier alpha value is 0. The zero-order valence-electron chi connectivity index (χ0n) is 11.1. The normalized spacial score (nSPS) is 16.3. The van der Waals surface area contributed by atoms with E-state index in [1.807, 2.05) is 0 Å². The van der Waals surface area contributed by atoms with Gasteiger partial charge in [0.05, 0.1) is 0 Å². The first-order valence-electron chi connectivity index (χ1n) is 6.43. The molecular formula is C14H30. The predicted molar refractivity (Wildman–Crippen MR) is 66.5 cm³/mol. The van der Waals surface area contributed by atoms with E-state index in [-0.39, 0.29) is 0 Å². The minimum absolute atomic E-state index is 0.870. The zero-order chi connectivity index (χ0) is 11.1. The Morgan fingerprint density at radius 1 is 0.500 bits per heavy atom. The molecule has 0 aliphatic rings. The molecule has 0 heteroatoms. The van der Waals surface area contributed by atoms with Crippen LogP contribution in [0, 0.1) is 23.7 Å². The highest BCUT2D eigenvalue weighted by atomic mass is 14.2. The summed E-state index contributed by atoms with van der Waals surface area (Å²) in [5.74, 6) is 3.57. The fraction of sp³-hybridized carbons (Fsp3) is 1.00. The second kappa shape index (κ2) is 7.31. The molecule has 0 unspecified atom stereocenters. The first-order valence-corrected chi connectivity index (χ1v) is 6.43. The second-order valence-electron chi connectivity index (χ2n) is 5.90. The fourth-order valence-corrected chi connectivity index (χ4v) is 1.76. The monoisotopic (exact) mass is 198 g/mol. The van der Waals surface area contributed by atoms with Crippen molar-refractivity contribution in [3.05, 3.63) is 0 Å². The Morgan fingerprint density at radius 3 is 1.00 bits per heavy atom. The van der Waals surface area contributed by atoms with Crippen molar-refractivity contribution in [2.45, 2.75) is 67.2 Å². The molecule has 0 radical (unpaired) electrons. The molecule has 0 saturated heterocycles. The number of rotatable bonds is 7. The van der Waals surface area contributed by atoms with Gasteiger partial charge in [0.15, 0.2) is 0 Å². The molecule has 0 aromatic rings. The molecule has 0 aliphatic heterocycles. The fourth-order valence-electron chi connectivity index (χ4n) is 1.76. The first kappa shape index (κ1) is 14.0. The maximum absolute atomic E-state index is 2.42. The summed E-state index contributed by atoms with van der Waals surface area (Å²) in [6, 6.07) is 0. The van der Waals surface area contributed by atoms with Crippen LogP contribution in [-0.4, -0.2) is 0 Å². The molecule has 0 amide bonds. The highest BCUT2D eigenvalue weighted by Crippen LogP contribution is 2.24. The highest BCUT2D eigenvalue weighted by molar-refractivity contribution is 4.64. The van der Waals surface area contributed by atoms with Crippen LogP contribution in [0.5, 0.6) is 0 Å². The average Bonchev–Trinajstić information content (AvgIpc) is 2.09. The molecule has 14 heavy (non-hydrogen) atoms. The average molecular weight is 198 g/mol. The molecule has 0 aromatic carbocycles. The summed E-state index contributed by atoms with van der Waals surface area (Å²) < 4.78 is 0. The van der Waals surface area contributed by atoms with E-state index in [1.54, 1.807) is 0 Å². The van der Waals surface area contributed by atoms with Crippen LogP contribution in [0.15, 0.2) is 0 Å². The van der Waals surface area contributed by atoms with Crippen molar-refractivity contribution in [2.24, 2.45) is 23.7 Å². The van der Waals surface area contributed by atoms with Gasteiger partial charge in [-0.2, -0.15) is 0 Å². The summed E-state index contributed by atoms with van der Waals surface area (Å²) in [6.45, 7) is 14.1. The van der Waals surface area contributed by atoms with E-state index in [0.29, 0.717) is 0 Å². The van der Waals surface area contributed by atoms with Crippen LogP contribution in [-0.2, 0) is 0 Å². The van der Waals surface area contributed by atoms with Crippen molar-refractivity contribution in [1.82, 2.24) is 0 Å². The molecule has 86 valence electrons. The van der Waals surface area contributed by atoms with Gasteiger partial charge in [-0.1, -0.05) is 67.2 Å². The van der Waals surface area contributed by atoms with Crippen LogP contribution >= 0.6 is 0 Å². The van der Waals surface area contributed by atoms with Gasteiger partial charge < -0.3 is 0 Å². The van der Waals surface area contributed by atoms with E-state index < -0.39 is 0 Å². The quantitative estimate of drug-likeness (QED) is 0.532. The van der Waals surface area contributed by atoms with Gasteiger partial charge in [-0.15, -0.1) is 0 Å². The topological polar surface area (TPSA) is 0 Å². The number of hydrogen-bond acceptors (Lipinski definition) is 0. The van der Waals surface area contributed by atoms with Gasteiger partial charge in [0.2, 0.25) is 0 Å². The van der Waals surface area contributed by atoms with Crippen LogP contribution < -0.4 is 0 Å². The van der Waals surface area contributed by atoms with Gasteiger partial charge in [-0.3, -0.25) is 0 Å². The van der Waals surface area contributed by atoms with Crippen LogP contribution in [0.1, 0.15) is 67.2 Å². The second-order valence-corrected chi connectivity index (χ2v) is 5.90. The predicted octanol–water partition coefficient (Wildman–Crippen LogP) is 5.13. The van der Waals surface area contributed by atoms with Crippen molar-refractivity contribution in [3.63, 3.8) is 0 Å². The lowest BCUT2D eigenvalue weighted by molar-refractivity contribution is 0.303. The minimum atomic E-state index is 0.870. The third-order valence-corrected chi connectivity index (χ3v) is 3.37. The van der Waals surface area contributed by atoms with Gasteiger partial charge in [0.25, 0.3) is 0 Å². The van der Waals surface area contributed by atoms with Gasteiger partial charge in [-0.25, -0.2) is 0 Å². The molecule has 0 aromatic heterocycles. The molecular weight excluding hydrogens is 168 g/mol. The van der Waals surface area contributed by atoms with Crippen LogP contribution in [0.2, 0.25) is 0 Å². The molecule has 0 nitrogen and oxygen atoms in total. The maximum atomic E-state index is 2.42. The zero-order valence-corrected chi connectivity index (χ0v) is 11.1. The third kappa shape index (κ3) is 7.41. The molecule has 0 N–H and O–H groups in total. The van der Waals surface area contributed by atoms with E-state index in [2.05, 4.69) is 41.5 Å². The summed E-state index contributed by atoms with van der Waals surface area (Å²) in [6.07, 6.45) is 5.62.